The smallest absolute Gasteiger partial charge is 0.347 e. The molecule has 26 heavy (non-hydrogen) atoms. The zero-order chi connectivity index (χ0) is 18.7. The van der Waals surface area contributed by atoms with Crippen LogP contribution in [0.5, 0.6) is 11.5 Å². The molecule has 5 nitrogen and oxygen atoms in total. The molecule has 0 aliphatic carbocycles. The Morgan fingerprint density at radius 1 is 1.19 bits per heavy atom. The Hall–Kier alpha value is -2.86. The fraction of sp³-hybridized carbons (Fsp3) is 0.250. The van der Waals surface area contributed by atoms with Crippen molar-refractivity contribution in [1.82, 2.24) is 9.88 Å². The van der Waals surface area contributed by atoms with Crippen molar-refractivity contribution < 1.29 is 18.7 Å². The summed E-state index contributed by atoms with van der Waals surface area (Å²) in [6.45, 7) is 0.868. The minimum Gasteiger partial charge on any atom is -0.496 e. The van der Waals surface area contributed by atoms with Gasteiger partial charge in [-0.25, -0.2) is 9.18 Å². The molecule has 0 atom stereocenters. The third kappa shape index (κ3) is 3.70. The molecule has 1 N–H and O–H groups in total. The van der Waals surface area contributed by atoms with Gasteiger partial charge in [-0.3, -0.25) is 0 Å². The van der Waals surface area contributed by atoms with Crippen molar-refractivity contribution in [2.45, 2.75) is 6.42 Å². The fourth-order valence-electron chi connectivity index (χ4n) is 2.84. The van der Waals surface area contributed by atoms with E-state index in [1.165, 1.54) is 19.2 Å². The maximum atomic E-state index is 13.6. The quantitative estimate of drug-likeness (QED) is 0.541. The maximum absolute atomic E-state index is 13.6. The summed E-state index contributed by atoms with van der Waals surface area (Å²) < 4.78 is 24.3. The zero-order valence-corrected chi connectivity index (χ0v) is 15.0. The molecule has 6 heteroatoms. The summed E-state index contributed by atoms with van der Waals surface area (Å²) >= 11 is 0. The van der Waals surface area contributed by atoms with Gasteiger partial charge in [0.15, 0.2) is 0 Å². The number of hydrogen-bond donors (Lipinski definition) is 1. The van der Waals surface area contributed by atoms with E-state index in [1.807, 2.05) is 26.4 Å². The summed E-state index contributed by atoms with van der Waals surface area (Å²) in [5.41, 5.74) is 1.99. The zero-order valence-electron chi connectivity index (χ0n) is 15.0. The van der Waals surface area contributed by atoms with Gasteiger partial charge < -0.3 is 19.4 Å². The molecule has 3 rings (SSSR count). The van der Waals surface area contributed by atoms with Gasteiger partial charge in [-0.15, -0.1) is 0 Å². The van der Waals surface area contributed by atoms with Gasteiger partial charge in [-0.05, 0) is 56.4 Å². The summed E-state index contributed by atoms with van der Waals surface area (Å²) in [5, 5.41) is 0.859. The number of carbonyl (C=O) groups excluding carboxylic acids is 1. The van der Waals surface area contributed by atoms with E-state index in [1.54, 1.807) is 12.1 Å². The van der Waals surface area contributed by atoms with Gasteiger partial charge >= 0.3 is 5.97 Å². The van der Waals surface area contributed by atoms with Gasteiger partial charge in [0, 0.05) is 23.6 Å². The van der Waals surface area contributed by atoms with Crippen LogP contribution >= 0.6 is 0 Å². The Balaban J connectivity index is 1.95. The highest BCUT2D eigenvalue weighted by Crippen LogP contribution is 2.31. The van der Waals surface area contributed by atoms with Gasteiger partial charge in [-0.2, -0.15) is 0 Å². The molecule has 2 aromatic carbocycles. The number of esters is 1. The number of likely N-dealkylation sites (N-methyl/N-ethyl adjacent to an activating group) is 1. The van der Waals surface area contributed by atoms with Crippen molar-refractivity contribution >= 4 is 16.9 Å². The SMILES string of the molecule is COc1ccc(F)cc1C(=O)Oc1cccc2[nH]cc(CCN(C)C)c12. The van der Waals surface area contributed by atoms with Crippen LogP contribution < -0.4 is 9.47 Å². The summed E-state index contributed by atoms with van der Waals surface area (Å²) in [6, 6.07) is 9.23. The first kappa shape index (κ1) is 17.9. The van der Waals surface area contributed by atoms with Crippen LogP contribution in [-0.2, 0) is 6.42 Å². The van der Waals surface area contributed by atoms with Gasteiger partial charge in [0.2, 0.25) is 0 Å². The number of H-pyrrole nitrogens is 1. The van der Waals surface area contributed by atoms with E-state index < -0.39 is 11.8 Å². The van der Waals surface area contributed by atoms with Crippen LogP contribution in [0.1, 0.15) is 15.9 Å². The molecule has 0 amide bonds. The summed E-state index contributed by atoms with van der Waals surface area (Å²) in [5.74, 6) is -0.475. The lowest BCUT2D eigenvalue weighted by Crippen LogP contribution is -2.15. The molecule has 0 spiro atoms. The molecule has 136 valence electrons. The van der Waals surface area contributed by atoms with Crippen molar-refractivity contribution in [2.24, 2.45) is 0 Å². The molecule has 1 aromatic heterocycles. The van der Waals surface area contributed by atoms with Crippen LogP contribution in [-0.4, -0.2) is 43.6 Å². The monoisotopic (exact) mass is 356 g/mol. The van der Waals surface area contributed by atoms with E-state index in [0.29, 0.717) is 5.75 Å². The molecule has 0 aliphatic rings. The number of aromatic nitrogens is 1. The van der Waals surface area contributed by atoms with E-state index in [9.17, 15) is 9.18 Å². The topological polar surface area (TPSA) is 54.6 Å². The van der Waals surface area contributed by atoms with Crippen LogP contribution in [0.2, 0.25) is 0 Å². The number of aromatic amines is 1. The first-order chi connectivity index (χ1) is 12.5. The van der Waals surface area contributed by atoms with Gasteiger partial charge in [0.1, 0.15) is 22.9 Å². The number of nitrogens with one attached hydrogen (secondary N) is 1. The number of rotatable bonds is 6. The minimum atomic E-state index is -0.659. The third-order valence-electron chi connectivity index (χ3n) is 4.16. The molecule has 0 saturated carbocycles. The van der Waals surface area contributed by atoms with E-state index in [0.717, 1.165) is 35.5 Å². The average molecular weight is 356 g/mol. The highest BCUT2D eigenvalue weighted by molar-refractivity contribution is 5.97. The molecule has 0 unspecified atom stereocenters. The normalized spacial score (nSPS) is 11.1. The highest BCUT2D eigenvalue weighted by atomic mass is 19.1. The molecule has 0 saturated heterocycles. The predicted octanol–water partition coefficient (Wildman–Crippen LogP) is 3.64. The van der Waals surface area contributed by atoms with Crippen LogP contribution in [0.3, 0.4) is 0 Å². The lowest BCUT2D eigenvalue weighted by molar-refractivity contribution is 0.0733. The lowest BCUT2D eigenvalue weighted by atomic mass is 10.1. The van der Waals surface area contributed by atoms with Crippen molar-refractivity contribution in [3.05, 3.63) is 59.5 Å². The van der Waals surface area contributed by atoms with Crippen molar-refractivity contribution in [3.8, 4) is 11.5 Å². The number of halogens is 1. The number of benzene rings is 2. The Kier molecular flexibility index (Phi) is 5.23. The molecular formula is C20H21FN2O3. The maximum Gasteiger partial charge on any atom is 0.347 e. The molecule has 0 fully saturated rings. The fourth-order valence-corrected chi connectivity index (χ4v) is 2.84. The second-order valence-corrected chi connectivity index (χ2v) is 6.28. The average Bonchev–Trinajstić information content (AvgIpc) is 3.04. The van der Waals surface area contributed by atoms with Gasteiger partial charge in [-0.1, -0.05) is 6.07 Å². The number of carbonyl (C=O) groups is 1. The molecule has 0 radical (unpaired) electrons. The standard InChI is InChI=1S/C20H21FN2O3/c1-23(2)10-9-13-12-22-16-5-4-6-18(19(13)16)26-20(24)15-11-14(21)7-8-17(15)25-3/h4-8,11-12,22H,9-10H2,1-3H3. The number of methoxy groups -OCH3 is 1. The van der Waals surface area contributed by atoms with Crippen molar-refractivity contribution in [3.63, 3.8) is 0 Å². The summed E-state index contributed by atoms with van der Waals surface area (Å²) in [6.07, 6.45) is 2.74. The molecule has 3 aromatic rings. The lowest BCUT2D eigenvalue weighted by Gasteiger charge is -2.11. The molecule has 1 heterocycles. The molecular weight excluding hydrogens is 335 g/mol. The van der Waals surface area contributed by atoms with E-state index in [4.69, 9.17) is 9.47 Å². The minimum absolute atomic E-state index is 0.0508. The molecule has 0 bridgehead atoms. The van der Waals surface area contributed by atoms with Crippen molar-refractivity contribution in [1.29, 1.82) is 0 Å². The molecule has 0 aliphatic heterocycles. The highest BCUT2D eigenvalue weighted by Gasteiger charge is 2.18. The Morgan fingerprint density at radius 2 is 2.00 bits per heavy atom. The number of hydrogen-bond acceptors (Lipinski definition) is 4. The Labute approximate surface area is 151 Å². The first-order valence-electron chi connectivity index (χ1n) is 8.29. The summed E-state index contributed by atoms with van der Waals surface area (Å²) in [4.78, 5) is 17.9. The van der Waals surface area contributed by atoms with Gasteiger partial charge in [0.05, 0.1) is 7.11 Å². The van der Waals surface area contributed by atoms with Crippen LogP contribution in [0.4, 0.5) is 4.39 Å². The van der Waals surface area contributed by atoms with Crippen LogP contribution in [0.25, 0.3) is 10.9 Å². The number of fused-ring (bicyclic) bond motifs is 1. The number of ether oxygens (including phenoxy) is 2. The second kappa shape index (κ2) is 7.58. The Bertz CT molecular complexity index is 934. The second-order valence-electron chi connectivity index (χ2n) is 6.28. The third-order valence-corrected chi connectivity index (χ3v) is 4.16. The Morgan fingerprint density at radius 3 is 2.73 bits per heavy atom. The van der Waals surface area contributed by atoms with Crippen molar-refractivity contribution in [2.75, 3.05) is 27.7 Å². The number of nitrogens with zero attached hydrogens (tertiary/aromatic N) is 1. The predicted molar refractivity (Wildman–Crippen MR) is 98.5 cm³/mol. The van der Waals surface area contributed by atoms with Crippen LogP contribution in [0.15, 0.2) is 42.6 Å². The van der Waals surface area contributed by atoms with E-state index >= 15 is 0 Å². The van der Waals surface area contributed by atoms with Gasteiger partial charge in [0.25, 0.3) is 0 Å². The van der Waals surface area contributed by atoms with E-state index in [2.05, 4.69) is 9.88 Å². The largest absolute Gasteiger partial charge is 0.496 e. The first-order valence-corrected chi connectivity index (χ1v) is 8.29. The van der Waals surface area contributed by atoms with Crippen LogP contribution in [0, 0.1) is 5.82 Å². The van der Waals surface area contributed by atoms with E-state index in [-0.39, 0.29) is 11.3 Å². The summed E-state index contributed by atoms with van der Waals surface area (Å²) in [7, 11) is 5.44.